The first kappa shape index (κ1) is 20.7. The van der Waals surface area contributed by atoms with Gasteiger partial charge in [-0.1, -0.05) is 59.6 Å². The van der Waals surface area contributed by atoms with E-state index in [1.165, 1.54) is 5.56 Å². The maximum atomic E-state index is 12.6. The predicted octanol–water partition coefficient (Wildman–Crippen LogP) is 5.72. The van der Waals surface area contributed by atoms with Crippen LogP contribution in [-0.2, 0) is 13.2 Å². The van der Waals surface area contributed by atoms with Crippen LogP contribution in [0.4, 0.5) is 5.69 Å². The molecule has 0 saturated heterocycles. The lowest BCUT2D eigenvalue weighted by Gasteiger charge is -2.08. The normalized spacial score (nSPS) is 10.6. The molecule has 0 fully saturated rings. The molecular formula is C25H22ClN3O2. The molecule has 31 heavy (non-hydrogen) atoms. The van der Waals surface area contributed by atoms with E-state index in [1.54, 1.807) is 35.1 Å². The summed E-state index contributed by atoms with van der Waals surface area (Å²) in [5, 5.41) is 7.86. The minimum Gasteiger partial charge on any atom is -0.489 e. The quantitative estimate of drug-likeness (QED) is 0.407. The number of nitrogens with zero attached hydrogens (tertiary/aromatic N) is 2. The van der Waals surface area contributed by atoms with Crippen LogP contribution in [0.3, 0.4) is 0 Å². The van der Waals surface area contributed by atoms with E-state index >= 15 is 0 Å². The van der Waals surface area contributed by atoms with Gasteiger partial charge in [0.15, 0.2) is 0 Å². The fourth-order valence-corrected chi connectivity index (χ4v) is 3.37. The number of halogens is 1. The van der Waals surface area contributed by atoms with Gasteiger partial charge in [0.1, 0.15) is 12.4 Å². The second-order valence-corrected chi connectivity index (χ2v) is 7.75. The highest BCUT2D eigenvalue weighted by Crippen LogP contribution is 2.19. The zero-order valence-corrected chi connectivity index (χ0v) is 17.8. The van der Waals surface area contributed by atoms with Gasteiger partial charge < -0.3 is 10.1 Å². The van der Waals surface area contributed by atoms with E-state index in [0.29, 0.717) is 35.2 Å². The molecule has 0 saturated carbocycles. The number of carbonyl (C=O) groups is 1. The van der Waals surface area contributed by atoms with Gasteiger partial charge in [0.25, 0.3) is 5.91 Å². The largest absolute Gasteiger partial charge is 0.489 e. The fraction of sp³-hybridized carbons (Fsp3) is 0.120. The Morgan fingerprint density at radius 3 is 2.61 bits per heavy atom. The molecule has 0 aliphatic carbocycles. The summed E-state index contributed by atoms with van der Waals surface area (Å²) in [6.45, 7) is 3.11. The smallest absolute Gasteiger partial charge is 0.255 e. The van der Waals surface area contributed by atoms with Gasteiger partial charge >= 0.3 is 0 Å². The Kier molecular flexibility index (Phi) is 6.34. The van der Waals surface area contributed by atoms with Crippen LogP contribution in [0, 0.1) is 6.92 Å². The highest BCUT2D eigenvalue weighted by atomic mass is 35.5. The lowest BCUT2D eigenvalue weighted by Crippen LogP contribution is -2.11. The third-order valence-corrected chi connectivity index (χ3v) is 4.97. The second-order valence-electron chi connectivity index (χ2n) is 7.31. The van der Waals surface area contributed by atoms with Crippen molar-refractivity contribution in [1.29, 1.82) is 0 Å². The van der Waals surface area contributed by atoms with E-state index in [0.717, 1.165) is 11.1 Å². The lowest BCUT2D eigenvalue weighted by molar-refractivity contribution is 0.102. The molecule has 4 aromatic rings. The summed E-state index contributed by atoms with van der Waals surface area (Å²) in [4.78, 5) is 12.6. The number of anilines is 1. The van der Waals surface area contributed by atoms with Crippen LogP contribution < -0.4 is 10.1 Å². The van der Waals surface area contributed by atoms with E-state index in [-0.39, 0.29) is 5.91 Å². The third kappa shape index (κ3) is 5.74. The van der Waals surface area contributed by atoms with Crippen molar-refractivity contribution in [3.8, 4) is 5.75 Å². The zero-order chi connectivity index (χ0) is 21.6. The SMILES string of the molecule is Cc1cccc(Cn2cc(NC(=O)c3ccc(COc4cccc(Cl)c4)cc3)cn2)c1. The van der Waals surface area contributed by atoms with Crippen LogP contribution in [0.2, 0.25) is 5.02 Å². The van der Waals surface area contributed by atoms with Crippen molar-refractivity contribution in [3.05, 3.63) is 112 Å². The molecule has 0 radical (unpaired) electrons. The van der Waals surface area contributed by atoms with Crippen molar-refractivity contribution >= 4 is 23.2 Å². The first-order chi connectivity index (χ1) is 15.0. The molecule has 5 nitrogen and oxygen atoms in total. The first-order valence-corrected chi connectivity index (χ1v) is 10.3. The Balaban J connectivity index is 1.33. The minimum absolute atomic E-state index is 0.183. The number of hydrogen-bond acceptors (Lipinski definition) is 3. The van der Waals surface area contributed by atoms with Gasteiger partial charge in [-0.3, -0.25) is 9.48 Å². The molecular weight excluding hydrogens is 410 g/mol. The molecule has 0 bridgehead atoms. The summed E-state index contributed by atoms with van der Waals surface area (Å²) < 4.78 is 7.54. The Morgan fingerprint density at radius 1 is 1.03 bits per heavy atom. The summed E-state index contributed by atoms with van der Waals surface area (Å²) >= 11 is 5.97. The Hall–Kier alpha value is -3.57. The van der Waals surface area contributed by atoms with Crippen molar-refractivity contribution in [1.82, 2.24) is 9.78 Å². The van der Waals surface area contributed by atoms with E-state index in [1.807, 2.05) is 36.5 Å². The Morgan fingerprint density at radius 2 is 1.84 bits per heavy atom. The maximum absolute atomic E-state index is 12.6. The van der Waals surface area contributed by atoms with Crippen molar-refractivity contribution in [2.45, 2.75) is 20.1 Å². The topological polar surface area (TPSA) is 56.2 Å². The molecule has 1 heterocycles. The molecule has 0 spiro atoms. The van der Waals surface area contributed by atoms with Crippen LogP contribution in [0.25, 0.3) is 0 Å². The number of ether oxygens (including phenoxy) is 1. The average molecular weight is 432 g/mol. The Labute approximate surface area is 186 Å². The van der Waals surface area contributed by atoms with E-state index in [2.05, 4.69) is 35.5 Å². The molecule has 1 aromatic heterocycles. The average Bonchev–Trinajstić information content (AvgIpc) is 3.19. The number of amides is 1. The fourth-order valence-electron chi connectivity index (χ4n) is 3.19. The van der Waals surface area contributed by atoms with Crippen molar-refractivity contribution < 1.29 is 9.53 Å². The van der Waals surface area contributed by atoms with Gasteiger partial charge in [0.2, 0.25) is 0 Å². The summed E-state index contributed by atoms with van der Waals surface area (Å²) in [5.74, 6) is 0.523. The zero-order valence-electron chi connectivity index (χ0n) is 17.1. The molecule has 156 valence electrons. The number of hydrogen-bond donors (Lipinski definition) is 1. The second kappa shape index (κ2) is 9.49. The molecule has 0 aliphatic heterocycles. The van der Waals surface area contributed by atoms with E-state index < -0.39 is 0 Å². The summed E-state index contributed by atoms with van der Waals surface area (Å²) in [6.07, 6.45) is 3.48. The van der Waals surface area contributed by atoms with Gasteiger partial charge in [-0.2, -0.15) is 5.10 Å². The molecule has 0 aliphatic rings. The summed E-state index contributed by atoms with van der Waals surface area (Å²) in [5.41, 5.74) is 4.56. The van der Waals surface area contributed by atoms with Crippen LogP contribution in [0.15, 0.2) is 85.2 Å². The molecule has 0 atom stereocenters. The van der Waals surface area contributed by atoms with E-state index in [9.17, 15) is 4.79 Å². The van der Waals surface area contributed by atoms with Gasteiger partial charge in [0, 0.05) is 16.8 Å². The minimum atomic E-state index is -0.183. The van der Waals surface area contributed by atoms with Gasteiger partial charge in [-0.25, -0.2) is 0 Å². The highest BCUT2D eigenvalue weighted by Gasteiger charge is 2.08. The molecule has 1 N–H and O–H groups in total. The number of benzene rings is 3. The predicted molar refractivity (Wildman–Crippen MR) is 123 cm³/mol. The Bertz CT molecular complexity index is 1190. The molecule has 3 aromatic carbocycles. The van der Waals surface area contributed by atoms with Gasteiger partial charge in [-0.05, 0) is 48.4 Å². The number of nitrogens with one attached hydrogen (secondary N) is 1. The standard InChI is InChI=1S/C25H22ClN3O2/c1-18-4-2-5-20(12-18)15-29-16-23(14-27-29)28-25(30)21-10-8-19(9-11-21)17-31-24-7-3-6-22(26)13-24/h2-14,16H,15,17H2,1H3,(H,28,30). The van der Waals surface area contributed by atoms with Crippen LogP contribution in [0.5, 0.6) is 5.75 Å². The summed E-state index contributed by atoms with van der Waals surface area (Å²) in [6, 6.07) is 22.8. The molecule has 6 heteroatoms. The van der Waals surface area contributed by atoms with Gasteiger partial charge in [-0.15, -0.1) is 0 Å². The van der Waals surface area contributed by atoms with Crippen molar-refractivity contribution in [3.63, 3.8) is 0 Å². The molecule has 0 unspecified atom stereocenters. The summed E-state index contributed by atoms with van der Waals surface area (Å²) in [7, 11) is 0. The number of aryl methyl sites for hydroxylation is 1. The first-order valence-electron chi connectivity index (χ1n) is 9.92. The number of rotatable bonds is 7. The van der Waals surface area contributed by atoms with Crippen LogP contribution >= 0.6 is 11.6 Å². The highest BCUT2D eigenvalue weighted by molar-refractivity contribution is 6.30. The van der Waals surface area contributed by atoms with Crippen LogP contribution in [-0.4, -0.2) is 15.7 Å². The monoisotopic (exact) mass is 431 g/mol. The lowest BCUT2D eigenvalue weighted by atomic mass is 10.1. The van der Waals surface area contributed by atoms with Gasteiger partial charge in [0.05, 0.1) is 18.4 Å². The van der Waals surface area contributed by atoms with Crippen LogP contribution in [0.1, 0.15) is 27.0 Å². The van der Waals surface area contributed by atoms with Crippen molar-refractivity contribution in [2.24, 2.45) is 0 Å². The third-order valence-electron chi connectivity index (χ3n) is 4.74. The molecule has 4 rings (SSSR count). The number of carbonyl (C=O) groups excluding carboxylic acids is 1. The van der Waals surface area contributed by atoms with Crippen molar-refractivity contribution in [2.75, 3.05) is 5.32 Å². The molecule has 1 amide bonds. The van der Waals surface area contributed by atoms with E-state index in [4.69, 9.17) is 16.3 Å². The maximum Gasteiger partial charge on any atom is 0.255 e. The number of aromatic nitrogens is 2.